The van der Waals surface area contributed by atoms with Crippen LogP contribution in [0.3, 0.4) is 0 Å². The Morgan fingerprint density at radius 2 is 2.32 bits per heavy atom. The van der Waals surface area contributed by atoms with Crippen molar-refractivity contribution in [2.45, 2.75) is 32.2 Å². The van der Waals surface area contributed by atoms with Crippen molar-refractivity contribution in [1.82, 2.24) is 14.9 Å². The van der Waals surface area contributed by atoms with E-state index in [-0.39, 0.29) is 17.1 Å². The Balaban J connectivity index is 1.87. The van der Waals surface area contributed by atoms with E-state index in [2.05, 4.69) is 9.97 Å². The van der Waals surface area contributed by atoms with E-state index in [0.717, 1.165) is 29.2 Å². The molecule has 4 nitrogen and oxygen atoms in total. The molecule has 1 amide bonds. The van der Waals surface area contributed by atoms with Gasteiger partial charge in [-0.15, -0.1) is 11.8 Å². The van der Waals surface area contributed by atoms with E-state index >= 15 is 0 Å². The summed E-state index contributed by atoms with van der Waals surface area (Å²) in [5.41, 5.74) is 2.70. The van der Waals surface area contributed by atoms with E-state index in [9.17, 15) is 9.18 Å². The normalized spacial score (nSPS) is 18.2. The van der Waals surface area contributed by atoms with Crippen molar-refractivity contribution >= 4 is 17.7 Å². The minimum atomic E-state index is -0.280. The summed E-state index contributed by atoms with van der Waals surface area (Å²) >= 11 is 1.57. The number of carbonyl (C=O) groups excluding carboxylic acids is 1. The summed E-state index contributed by atoms with van der Waals surface area (Å²) in [6.07, 6.45) is 0.829. The van der Waals surface area contributed by atoms with Crippen molar-refractivity contribution in [3.05, 3.63) is 52.9 Å². The maximum Gasteiger partial charge on any atom is 0.234 e. The van der Waals surface area contributed by atoms with Gasteiger partial charge in [0.1, 0.15) is 17.0 Å². The molecule has 1 aliphatic rings. The molecule has 2 aromatic rings. The number of aryl methyl sites for hydroxylation is 2. The molecule has 1 N–H and O–H groups in total. The van der Waals surface area contributed by atoms with Gasteiger partial charge in [0.2, 0.25) is 5.91 Å². The molecule has 1 aliphatic heterocycles. The lowest BCUT2D eigenvalue weighted by Crippen LogP contribution is -2.28. The van der Waals surface area contributed by atoms with Gasteiger partial charge in [-0.3, -0.25) is 4.79 Å². The number of benzene rings is 1. The van der Waals surface area contributed by atoms with Crippen LogP contribution in [0.25, 0.3) is 0 Å². The van der Waals surface area contributed by atoms with Crippen LogP contribution in [-0.2, 0) is 17.8 Å². The van der Waals surface area contributed by atoms with Crippen molar-refractivity contribution < 1.29 is 9.18 Å². The summed E-state index contributed by atoms with van der Waals surface area (Å²) < 4.78 is 13.3. The first-order valence-corrected chi connectivity index (χ1v) is 8.34. The smallest absolute Gasteiger partial charge is 0.234 e. The van der Waals surface area contributed by atoms with Gasteiger partial charge < -0.3 is 9.88 Å². The standard InChI is InChI=1S/C16H18FN3OS/c1-3-13-18-10(2)15(19-13)16-20(14(21)9-22-16)8-11-5-4-6-12(17)7-11/h4-7,16H,3,8-9H2,1-2H3,(H,18,19). The number of halogens is 1. The highest BCUT2D eigenvalue weighted by Crippen LogP contribution is 2.40. The summed E-state index contributed by atoms with van der Waals surface area (Å²) in [5, 5.41) is -0.104. The predicted octanol–water partition coefficient (Wildman–Crippen LogP) is 3.19. The van der Waals surface area contributed by atoms with Gasteiger partial charge >= 0.3 is 0 Å². The van der Waals surface area contributed by atoms with Crippen LogP contribution >= 0.6 is 11.8 Å². The number of aromatic amines is 1. The van der Waals surface area contributed by atoms with Crippen LogP contribution in [0.5, 0.6) is 0 Å². The molecule has 1 unspecified atom stereocenters. The molecule has 22 heavy (non-hydrogen) atoms. The second kappa shape index (κ2) is 6.12. The van der Waals surface area contributed by atoms with Crippen LogP contribution in [-0.4, -0.2) is 26.5 Å². The predicted molar refractivity (Wildman–Crippen MR) is 84.9 cm³/mol. The maximum atomic E-state index is 13.3. The molecule has 1 aromatic carbocycles. The fourth-order valence-corrected chi connectivity index (χ4v) is 3.85. The molecule has 3 rings (SSSR count). The van der Waals surface area contributed by atoms with Crippen LogP contribution in [0, 0.1) is 12.7 Å². The Morgan fingerprint density at radius 1 is 1.50 bits per heavy atom. The first-order valence-electron chi connectivity index (χ1n) is 7.29. The number of aromatic nitrogens is 2. The van der Waals surface area contributed by atoms with Crippen LogP contribution < -0.4 is 0 Å². The van der Waals surface area contributed by atoms with Gasteiger partial charge in [-0.25, -0.2) is 9.37 Å². The highest BCUT2D eigenvalue weighted by atomic mass is 32.2. The van der Waals surface area contributed by atoms with E-state index in [4.69, 9.17) is 0 Å². The molecule has 0 bridgehead atoms. The van der Waals surface area contributed by atoms with E-state index < -0.39 is 0 Å². The van der Waals surface area contributed by atoms with E-state index in [1.165, 1.54) is 12.1 Å². The average Bonchev–Trinajstić information content (AvgIpc) is 3.03. The molecule has 6 heteroatoms. The number of rotatable bonds is 4. The van der Waals surface area contributed by atoms with E-state index in [0.29, 0.717) is 12.3 Å². The summed E-state index contributed by atoms with van der Waals surface area (Å²) in [5.74, 6) is 1.16. The van der Waals surface area contributed by atoms with Gasteiger partial charge in [-0.1, -0.05) is 19.1 Å². The number of amides is 1. The molecular formula is C16H18FN3OS. The Morgan fingerprint density at radius 3 is 3.00 bits per heavy atom. The van der Waals surface area contributed by atoms with Gasteiger partial charge in [0, 0.05) is 18.7 Å². The Kier molecular flexibility index (Phi) is 4.20. The van der Waals surface area contributed by atoms with Gasteiger partial charge in [0.05, 0.1) is 11.4 Å². The number of carbonyl (C=O) groups is 1. The topological polar surface area (TPSA) is 49.0 Å². The minimum Gasteiger partial charge on any atom is -0.346 e. The highest BCUT2D eigenvalue weighted by molar-refractivity contribution is 8.00. The second-order valence-corrected chi connectivity index (χ2v) is 6.43. The molecular weight excluding hydrogens is 301 g/mol. The average molecular weight is 319 g/mol. The largest absolute Gasteiger partial charge is 0.346 e. The molecule has 116 valence electrons. The van der Waals surface area contributed by atoms with Crippen LogP contribution in [0.2, 0.25) is 0 Å². The molecule has 0 radical (unpaired) electrons. The van der Waals surface area contributed by atoms with Crippen molar-refractivity contribution in [3.8, 4) is 0 Å². The zero-order valence-corrected chi connectivity index (χ0v) is 13.4. The third-order valence-electron chi connectivity index (χ3n) is 3.75. The van der Waals surface area contributed by atoms with Crippen molar-refractivity contribution in [2.75, 3.05) is 5.75 Å². The third-order valence-corrected chi connectivity index (χ3v) is 4.96. The quantitative estimate of drug-likeness (QED) is 0.941. The summed E-state index contributed by atoms with van der Waals surface area (Å²) in [6, 6.07) is 6.39. The molecule has 0 spiro atoms. The first kappa shape index (κ1) is 15.1. The van der Waals surface area contributed by atoms with Crippen molar-refractivity contribution in [2.24, 2.45) is 0 Å². The summed E-state index contributed by atoms with van der Waals surface area (Å²) in [6.45, 7) is 4.42. The Hall–Kier alpha value is -1.82. The van der Waals surface area contributed by atoms with Crippen LogP contribution in [0.1, 0.15) is 35.1 Å². The Labute approximate surface area is 133 Å². The number of nitrogens with one attached hydrogen (secondary N) is 1. The molecule has 1 saturated heterocycles. The number of H-pyrrole nitrogens is 1. The number of hydrogen-bond donors (Lipinski definition) is 1. The number of imidazole rings is 1. The zero-order chi connectivity index (χ0) is 15.7. The molecule has 1 atom stereocenters. The van der Waals surface area contributed by atoms with E-state index in [1.54, 1.807) is 22.7 Å². The van der Waals surface area contributed by atoms with Crippen molar-refractivity contribution in [3.63, 3.8) is 0 Å². The molecule has 0 aliphatic carbocycles. The highest BCUT2D eigenvalue weighted by Gasteiger charge is 2.35. The van der Waals surface area contributed by atoms with Crippen LogP contribution in [0.4, 0.5) is 4.39 Å². The minimum absolute atomic E-state index is 0.0692. The van der Waals surface area contributed by atoms with Crippen molar-refractivity contribution in [1.29, 1.82) is 0 Å². The summed E-state index contributed by atoms with van der Waals surface area (Å²) in [4.78, 5) is 21.9. The second-order valence-electron chi connectivity index (χ2n) is 5.36. The summed E-state index contributed by atoms with van der Waals surface area (Å²) in [7, 11) is 0. The number of hydrogen-bond acceptors (Lipinski definition) is 3. The van der Waals surface area contributed by atoms with E-state index in [1.807, 2.05) is 19.9 Å². The molecule has 1 fully saturated rings. The Bertz CT molecular complexity index is 700. The SMILES string of the molecule is CCc1nc(C2SCC(=O)N2Cc2cccc(F)c2)c(C)[nH]1. The van der Waals surface area contributed by atoms with Crippen LogP contribution in [0.15, 0.2) is 24.3 Å². The maximum absolute atomic E-state index is 13.3. The first-order chi connectivity index (χ1) is 10.6. The fourth-order valence-electron chi connectivity index (χ4n) is 2.63. The van der Waals surface area contributed by atoms with Gasteiger partial charge in [-0.2, -0.15) is 0 Å². The third kappa shape index (κ3) is 2.88. The lowest BCUT2D eigenvalue weighted by atomic mass is 10.2. The van der Waals surface area contributed by atoms with Gasteiger partial charge in [0.25, 0.3) is 0 Å². The molecule has 1 aromatic heterocycles. The number of nitrogens with zero attached hydrogens (tertiary/aromatic N) is 2. The molecule has 2 heterocycles. The van der Waals surface area contributed by atoms with Gasteiger partial charge in [-0.05, 0) is 24.6 Å². The lowest BCUT2D eigenvalue weighted by molar-refractivity contribution is -0.128. The monoisotopic (exact) mass is 319 g/mol. The lowest BCUT2D eigenvalue weighted by Gasteiger charge is -2.23. The fraction of sp³-hybridized carbons (Fsp3) is 0.375. The van der Waals surface area contributed by atoms with Gasteiger partial charge in [0.15, 0.2) is 0 Å². The molecule has 0 saturated carbocycles. The number of thioether (sulfide) groups is 1. The zero-order valence-electron chi connectivity index (χ0n) is 12.6.